The fourth-order valence-electron chi connectivity index (χ4n) is 3.57. The molecule has 6 heteroatoms. The highest BCUT2D eigenvalue weighted by atomic mass is 19.1. The molecule has 1 amide bonds. The quantitative estimate of drug-likeness (QED) is 0.381. The van der Waals surface area contributed by atoms with Gasteiger partial charge < -0.3 is 10.1 Å². The van der Waals surface area contributed by atoms with Crippen molar-refractivity contribution in [2.75, 3.05) is 12.4 Å². The first-order chi connectivity index (χ1) is 16.0. The zero-order valence-electron chi connectivity index (χ0n) is 17.8. The molecule has 1 aromatic heterocycles. The predicted octanol–water partition coefficient (Wildman–Crippen LogP) is 6.01. The molecular formula is C27H21F2N2O2. The average Bonchev–Trinajstić information content (AvgIpc) is 2.84. The van der Waals surface area contributed by atoms with Gasteiger partial charge in [0.15, 0.2) is 0 Å². The molecule has 0 unspecified atom stereocenters. The SMILES string of the molecule is COc1cnccc1-c1ccc(NC(=O)[CH]C(c2ccc(F)cc2)c2ccc(F)cc2)cc1. The van der Waals surface area contributed by atoms with Crippen LogP contribution in [0, 0.1) is 18.1 Å². The van der Waals surface area contributed by atoms with Crippen LogP contribution >= 0.6 is 0 Å². The second kappa shape index (κ2) is 10.0. The van der Waals surface area contributed by atoms with E-state index < -0.39 is 5.92 Å². The van der Waals surface area contributed by atoms with Gasteiger partial charge in [-0.25, -0.2) is 8.78 Å². The molecule has 0 spiro atoms. The maximum atomic E-state index is 13.4. The number of carbonyl (C=O) groups is 1. The number of carbonyl (C=O) groups excluding carboxylic acids is 1. The zero-order chi connectivity index (χ0) is 23.2. The van der Waals surface area contributed by atoms with Gasteiger partial charge in [0.2, 0.25) is 5.91 Å². The van der Waals surface area contributed by atoms with Gasteiger partial charge in [0, 0.05) is 23.4 Å². The minimum Gasteiger partial charge on any atom is -0.494 e. The number of anilines is 1. The first kappa shape index (κ1) is 22.1. The largest absolute Gasteiger partial charge is 0.494 e. The summed E-state index contributed by atoms with van der Waals surface area (Å²) in [6.45, 7) is 0. The molecular weight excluding hydrogens is 422 g/mol. The van der Waals surface area contributed by atoms with Crippen molar-refractivity contribution in [3.05, 3.63) is 120 Å². The Morgan fingerprint density at radius 3 is 2.00 bits per heavy atom. The van der Waals surface area contributed by atoms with Gasteiger partial charge in [0.1, 0.15) is 17.4 Å². The minimum atomic E-state index is -0.466. The molecule has 0 saturated carbocycles. The maximum absolute atomic E-state index is 13.4. The molecule has 165 valence electrons. The third kappa shape index (κ3) is 5.41. The molecule has 4 nitrogen and oxygen atoms in total. The van der Waals surface area contributed by atoms with Gasteiger partial charge in [-0.3, -0.25) is 9.78 Å². The fourth-order valence-corrected chi connectivity index (χ4v) is 3.57. The number of hydrogen-bond donors (Lipinski definition) is 1. The number of pyridine rings is 1. The first-order valence-electron chi connectivity index (χ1n) is 10.3. The summed E-state index contributed by atoms with van der Waals surface area (Å²) in [6.07, 6.45) is 4.83. The van der Waals surface area contributed by atoms with Crippen molar-refractivity contribution >= 4 is 11.6 Å². The van der Waals surface area contributed by atoms with E-state index in [-0.39, 0.29) is 17.5 Å². The van der Waals surface area contributed by atoms with Crippen molar-refractivity contribution in [1.82, 2.24) is 4.98 Å². The number of nitrogens with one attached hydrogen (secondary N) is 1. The minimum absolute atomic E-state index is 0.331. The summed E-state index contributed by atoms with van der Waals surface area (Å²) in [6, 6.07) is 21.0. The average molecular weight is 443 g/mol. The van der Waals surface area contributed by atoms with Crippen LogP contribution in [0.3, 0.4) is 0 Å². The van der Waals surface area contributed by atoms with Crippen molar-refractivity contribution in [3.63, 3.8) is 0 Å². The van der Waals surface area contributed by atoms with Gasteiger partial charge in [-0.2, -0.15) is 0 Å². The molecule has 4 aromatic rings. The summed E-state index contributed by atoms with van der Waals surface area (Å²) in [5, 5.41) is 2.86. The number of halogens is 2. The van der Waals surface area contributed by atoms with Gasteiger partial charge in [0.05, 0.1) is 19.7 Å². The van der Waals surface area contributed by atoms with Gasteiger partial charge >= 0.3 is 0 Å². The Kier molecular flexibility index (Phi) is 6.74. The van der Waals surface area contributed by atoms with E-state index in [1.807, 2.05) is 18.2 Å². The van der Waals surface area contributed by atoms with Crippen LogP contribution in [0.5, 0.6) is 5.75 Å². The van der Waals surface area contributed by atoms with Crippen LogP contribution in [0.25, 0.3) is 11.1 Å². The lowest BCUT2D eigenvalue weighted by atomic mass is 9.88. The van der Waals surface area contributed by atoms with Crippen LogP contribution in [0.1, 0.15) is 17.0 Å². The number of amides is 1. The number of hydrogen-bond acceptors (Lipinski definition) is 3. The number of aromatic nitrogens is 1. The Labute approximate surface area is 190 Å². The van der Waals surface area contributed by atoms with Crippen LogP contribution in [0.15, 0.2) is 91.3 Å². The smallest absolute Gasteiger partial charge is 0.229 e. The van der Waals surface area contributed by atoms with Crippen molar-refractivity contribution in [3.8, 4) is 16.9 Å². The Bertz CT molecular complexity index is 1180. The van der Waals surface area contributed by atoms with Crippen LogP contribution < -0.4 is 10.1 Å². The maximum Gasteiger partial charge on any atom is 0.229 e. The fraction of sp³-hybridized carbons (Fsp3) is 0.0741. The summed E-state index contributed by atoms with van der Waals surface area (Å²) >= 11 is 0. The van der Waals surface area contributed by atoms with Crippen LogP contribution in [0.2, 0.25) is 0 Å². The Balaban J connectivity index is 1.51. The van der Waals surface area contributed by atoms with E-state index >= 15 is 0 Å². The molecule has 0 atom stereocenters. The molecule has 3 aromatic carbocycles. The first-order valence-corrected chi connectivity index (χ1v) is 10.3. The van der Waals surface area contributed by atoms with E-state index in [1.54, 1.807) is 55.9 Å². The number of benzene rings is 3. The van der Waals surface area contributed by atoms with E-state index in [1.165, 1.54) is 30.7 Å². The van der Waals surface area contributed by atoms with Gasteiger partial charge in [-0.15, -0.1) is 0 Å². The Morgan fingerprint density at radius 1 is 0.879 bits per heavy atom. The summed E-state index contributed by atoms with van der Waals surface area (Å²) in [4.78, 5) is 16.9. The second-order valence-corrected chi connectivity index (χ2v) is 7.39. The lowest BCUT2D eigenvalue weighted by Gasteiger charge is -2.18. The van der Waals surface area contributed by atoms with Crippen molar-refractivity contribution < 1.29 is 18.3 Å². The molecule has 33 heavy (non-hydrogen) atoms. The van der Waals surface area contributed by atoms with E-state index in [0.29, 0.717) is 11.4 Å². The van der Waals surface area contributed by atoms with Crippen molar-refractivity contribution in [1.29, 1.82) is 0 Å². The lowest BCUT2D eigenvalue weighted by Crippen LogP contribution is -2.17. The monoisotopic (exact) mass is 443 g/mol. The lowest BCUT2D eigenvalue weighted by molar-refractivity contribution is -0.113. The molecule has 1 N–H and O–H groups in total. The highest BCUT2D eigenvalue weighted by Gasteiger charge is 2.19. The van der Waals surface area contributed by atoms with Gasteiger partial charge in [-0.05, 0) is 59.2 Å². The molecule has 0 aliphatic carbocycles. The highest BCUT2D eigenvalue weighted by Crippen LogP contribution is 2.31. The standard InChI is InChI=1S/C27H21F2N2O2/c1-33-26-17-30-15-14-24(26)18-6-12-23(13-7-18)31-27(32)16-25(19-2-8-21(28)9-3-19)20-4-10-22(29)11-5-20/h2-17,25H,1H3,(H,31,32). The zero-order valence-corrected chi connectivity index (χ0v) is 17.8. The molecule has 1 radical (unpaired) electrons. The summed E-state index contributed by atoms with van der Waals surface area (Å²) in [5.74, 6) is -0.877. The summed E-state index contributed by atoms with van der Waals surface area (Å²) in [5.41, 5.74) is 3.87. The highest BCUT2D eigenvalue weighted by molar-refractivity contribution is 5.98. The molecule has 0 saturated heterocycles. The Morgan fingerprint density at radius 2 is 1.45 bits per heavy atom. The van der Waals surface area contributed by atoms with Crippen LogP contribution in [-0.4, -0.2) is 18.0 Å². The third-order valence-corrected chi connectivity index (χ3v) is 5.24. The molecule has 1 heterocycles. The predicted molar refractivity (Wildman–Crippen MR) is 124 cm³/mol. The van der Waals surface area contributed by atoms with Crippen molar-refractivity contribution in [2.45, 2.75) is 5.92 Å². The normalized spacial score (nSPS) is 10.8. The van der Waals surface area contributed by atoms with Crippen molar-refractivity contribution in [2.24, 2.45) is 0 Å². The van der Waals surface area contributed by atoms with Crippen LogP contribution in [0.4, 0.5) is 14.5 Å². The Hall–Kier alpha value is -4.06. The molecule has 0 aliphatic heterocycles. The number of rotatable bonds is 7. The van der Waals surface area contributed by atoms with E-state index in [2.05, 4.69) is 10.3 Å². The van der Waals surface area contributed by atoms with E-state index in [9.17, 15) is 13.6 Å². The molecule has 0 aliphatic rings. The second-order valence-electron chi connectivity index (χ2n) is 7.39. The van der Waals surface area contributed by atoms with Gasteiger partial charge in [0.25, 0.3) is 0 Å². The van der Waals surface area contributed by atoms with E-state index in [0.717, 1.165) is 22.3 Å². The van der Waals surface area contributed by atoms with Crippen LogP contribution in [-0.2, 0) is 4.79 Å². The summed E-state index contributed by atoms with van der Waals surface area (Å²) in [7, 11) is 1.59. The molecule has 4 rings (SSSR count). The molecule has 0 fully saturated rings. The summed E-state index contributed by atoms with van der Waals surface area (Å²) < 4.78 is 32.2. The van der Waals surface area contributed by atoms with E-state index in [4.69, 9.17) is 4.74 Å². The third-order valence-electron chi connectivity index (χ3n) is 5.24. The topological polar surface area (TPSA) is 51.2 Å². The van der Waals surface area contributed by atoms with Gasteiger partial charge in [-0.1, -0.05) is 36.4 Å². The number of methoxy groups -OCH3 is 1. The number of ether oxygens (including phenoxy) is 1. The number of nitrogens with zero attached hydrogens (tertiary/aromatic N) is 1. The molecule has 0 bridgehead atoms.